The molecule has 0 aliphatic rings. The molecular weight excluding hydrogens is 330 g/mol. The van der Waals surface area contributed by atoms with Crippen LogP contribution in [0.25, 0.3) is 0 Å². The van der Waals surface area contributed by atoms with Crippen molar-refractivity contribution >= 4 is 12.1 Å². The topological polar surface area (TPSA) is 75.6 Å². The number of allylic oxidation sites excluding steroid dienone is 1. The third kappa shape index (κ3) is 5.48. The van der Waals surface area contributed by atoms with Crippen molar-refractivity contribution in [3.63, 3.8) is 0 Å². The zero-order chi connectivity index (χ0) is 18.8. The molecule has 0 bridgehead atoms. The molecule has 5 heteroatoms. The first-order valence-electron chi connectivity index (χ1n) is 8.43. The molecule has 0 aliphatic heterocycles. The number of carbonyl (C=O) groups is 2. The second-order valence-electron chi connectivity index (χ2n) is 6.01. The lowest BCUT2D eigenvalue weighted by molar-refractivity contribution is -0.144. The highest BCUT2D eigenvalue weighted by Gasteiger charge is 2.39. The number of nitrogens with one attached hydrogen (secondary N) is 1. The minimum absolute atomic E-state index is 0.0807. The van der Waals surface area contributed by atoms with Gasteiger partial charge < -0.3 is 15.2 Å². The zero-order valence-corrected chi connectivity index (χ0v) is 14.7. The Morgan fingerprint density at radius 2 is 1.62 bits per heavy atom. The molecular formula is C21H23NO4. The molecule has 0 radical (unpaired) electrons. The third-order valence-electron chi connectivity index (χ3n) is 4.01. The molecule has 136 valence electrons. The van der Waals surface area contributed by atoms with E-state index in [0.717, 1.165) is 11.1 Å². The van der Waals surface area contributed by atoms with Crippen LogP contribution in [0.15, 0.2) is 72.8 Å². The summed E-state index contributed by atoms with van der Waals surface area (Å²) in [5.74, 6) is -1.10. The highest BCUT2D eigenvalue weighted by atomic mass is 16.5. The molecule has 26 heavy (non-hydrogen) atoms. The summed E-state index contributed by atoms with van der Waals surface area (Å²) in [5.41, 5.74) is 0.185. The summed E-state index contributed by atoms with van der Waals surface area (Å²) in [7, 11) is 0. The molecule has 0 saturated heterocycles. The molecule has 0 aliphatic carbocycles. The van der Waals surface area contributed by atoms with E-state index in [4.69, 9.17) is 4.74 Å². The van der Waals surface area contributed by atoms with Crippen molar-refractivity contribution in [1.82, 2.24) is 5.32 Å². The van der Waals surface area contributed by atoms with Crippen LogP contribution in [0.2, 0.25) is 0 Å². The molecule has 1 atom stereocenters. The van der Waals surface area contributed by atoms with Gasteiger partial charge in [-0.05, 0) is 24.5 Å². The molecule has 2 rings (SSSR count). The summed E-state index contributed by atoms with van der Waals surface area (Å²) in [6.07, 6.45) is 3.06. The van der Waals surface area contributed by atoms with Crippen LogP contribution < -0.4 is 5.32 Å². The highest BCUT2D eigenvalue weighted by Crippen LogP contribution is 2.20. The van der Waals surface area contributed by atoms with Gasteiger partial charge in [0.1, 0.15) is 12.1 Å². The van der Waals surface area contributed by atoms with Gasteiger partial charge in [0.25, 0.3) is 0 Å². The number of hydrogen-bond donors (Lipinski definition) is 2. The quantitative estimate of drug-likeness (QED) is 0.705. The number of ether oxygens (including phenoxy) is 1. The van der Waals surface area contributed by atoms with Crippen molar-refractivity contribution in [3.05, 3.63) is 83.9 Å². The number of aliphatic carboxylic acids is 1. The van der Waals surface area contributed by atoms with Crippen LogP contribution in [0.5, 0.6) is 0 Å². The first-order chi connectivity index (χ1) is 12.6. The Labute approximate surface area is 153 Å². The molecule has 2 aromatic rings. The maximum Gasteiger partial charge on any atom is 0.408 e. The maximum atomic E-state index is 12.3. The summed E-state index contributed by atoms with van der Waals surface area (Å²) in [5, 5.41) is 12.4. The van der Waals surface area contributed by atoms with Gasteiger partial charge in [0.05, 0.1) is 0 Å². The van der Waals surface area contributed by atoms with Crippen molar-refractivity contribution in [3.8, 4) is 0 Å². The van der Waals surface area contributed by atoms with Crippen LogP contribution in [-0.2, 0) is 22.6 Å². The molecule has 0 spiro atoms. The SMILES string of the molecule is CC=CC[C@@](Cc1ccccc1)(NC(=O)OCc1ccccc1)C(=O)O. The number of benzene rings is 2. The lowest BCUT2D eigenvalue weighted by atomic mass is 9.87. The van der Waals surface area contributed by atoms with Crippen LogP contribution in [0.1, 0.15) is 24.5 Å². The first-order valence-corrected chi connectivity index (χ1v) is 8.43. The van der Waals surface area contributed by atoms with Crippen LogP contribution in [0.3, 0.4) is 0 Å². The number of carbonyl (C=O) groups excluding carboxylic acids is 1. The Morgan fingerprint density at radius 3 is 2.15 bits per heavy atom. The van der Waals surface area contributed by atoms with E-state index >= 15 is 0 Å². The van der Waals surface area contributed by atoms with E-state index in [2.05, 4.69) is 5.32 Å². The van der Waals surface area contributed by atoms with Crippen LogP contribution in [0.4, 0.5) is 4.79 Å². The third-order valence-corrected chi connectivity index (χ3v) is 4.01. The Balaban J connectivity index is 2.13. The minimum Gasteiger partial charge on any atom is -0.479 e. The number of alkyl carbamates (subject to hydrolysis) is 1. The van der Waals surface area contributed by atoms with Gasteiger partial charge in [-0.15, -0.1) is 0 Å². The van der Waals surface area contributed by atoms with Crippen molar-refractivity contribution in [2.24, 2.45) is 0 Å². The van der Waals surface area contributed by atoms with Gasteiger partial charge in [-0.25, -0.2) is 9.59 Å². The number of hydrogen-bond acceptors (Lipinski definition) is 3. The Bertz CT molecular complexity index is 743. The Hall–Kier alpha value is -3.08. The van der Waals surface area contributed by atoms with Crippen molar-refractivity contribution < 1.29 is 19.4 Å². The number of carboxylic acids is 1. The van der Waals surface area contributed by atoms with Crippen molar-refractivity contribution in [2.45, 2.75) is 31.9 Å². The summed E-state index contributed by atoms with van der Waals surface area (Å²) < 4.78 is 5.21. The monoisotopic (exact) mass is 353 g/mol. The van der Waals surface area contributed by atoms with E-state index in [1.165, 1.54) is 0 Å². The van der Waals surface area contributed by atoms with Gasteiger partial charge in [-0.1, -0.05) is 72.8 Å². The predicted molar refractivity (Wildman–Crippen MR) is 99.7 cm³/mol. The molecule has 0 aromatic heterocycles. The maximum absolute atomic E-state index is 12.3. The molecule has 1 amide bonds. The van der Waals surface area contributed by atoms with E-state index in [0.29, 0.717) is 0 Å². The number of amides is 1. The summed E-state index contributed by atoms with van der Waals surface area (Å²) in [4.78, 5) is 24.3. The van der Waals surface area contributed by atoms with E-state index in [-0.39, 0.29) is 19.4 Å². The summed E-state index contributed by atoms with van der Waals surface area (Å²) in [6, 6.07) is 18.4. The second-order valence-corrected chi connectivity index (χ2v) is 6.01. The fourth-order valence-electron chi connectivity index (χ4n) is 2.60. The minimum atomic E-state index is -1.47. The van der Waals surface area contributed by atoms with Crippen molar-refractivity contribution in [2.75, 3.05) is 0 Å². The lowest BCUT2D eigenvalue weighted by Crippen LogP contribution is -2.56. The lowest BCUT2D eigenvalue weighted by Gasteiger charge is -2.29. The fourth-order valence-corrected chi connectivity index (χ4v) is 2.60. The van der Waals surface area contributed by atoms with Gasteiger partial charge in [0.15, 0.2) is 0 Å². The predicted octanol–water partition coefficient (Wildman–Crippen LogP) is 3.95. The molecule has 0 fully saturated rings. The van der Waals surface area contributed by atoms with Gasteiger partial charge in [-0.2, -0.15) is 0 Å². The molecule has 0 saturated carbocycles. The van der Waals surface area contributed by atoms with Gasteiger partial charge >= 0.3 is 12.1 Å². The second kappa shape index (κ2) is 9.42. The normalized spacial score (nSPS) is 13.1. The fraction of sp³-hybridized carbons (Fsp3) is 0.238. The smallest absolute Gasteiger partial charge is 0.408 e. The van der Waals surface area contributed by atoms with Crippen LogP contribution in [0, 0.1) is 0 Å². The Kier molecular flexibility index (Phi) is 6.97. The number of rotatable bonds is 8. The van der Waals surface area contributed by atoms with Crippen LogP contribution in [-0.4, -0.2) is 22.7 Å². The Morgan fingerprint density at radius 1 is 1.04 bits per heavy atom. The highest BCUT2D eigenvalue weighted by molar-refractivity contribution is 5.85. The zero-order valence-electron chi connectivity index (χ0n) is 14.7. The van der Waals surface area contributed by atoms with Crippen LogP contribution >= 0.6 is 0 Å². The first kappa shape index (κ1) is 19.2. The summed E-state index contributed by atoms with van der Waals surface area (Å²) in [6.45, 7) is 1.89. The van der Waals surface area contributed by atoms with Gasteiger partial charge in [-0.3, -0.25) is 0 Å². The van der Waals surface area contributed by atoms with E-state index < -0.39 is 17.6 Å². The average molecular weight is 353 g/mol. The molecule has 2 N–H and O–H groups in total. The largest absolute Gasteiger partial charge is 0.479 e. The summed E-state index contributed by atoms with van der Waals surface area (Å²) >= 11 is 0. The van der Waals surface area contributed by atoms with Crippen molar-refractivity contribution in [1.29, 1.82) is 0 Å². The molecule has 5 nitrogen and oxygen atoms in total. The molecule has 0 unspecified atom stereocenters. The van der Waals surface area contributed by atoms with Gasteiger partial charge in [0, 0.05) is 6.42 Å². The standard InChI is InChI=1S/C21H23NO4/c1-2-3-14-21(19(23)24,15-17-10-6-4-7-11-17)22-20(25)26-16-18-12-8-5-9-13-18/h2-13H,14-16H2,1H3,(H,22,25)(H,23,24)/t21-/m0/s1. The molecule has 2 aromatic carbocycles. The number of carboxylic acid groups (broad SMARTS) is 1. The van der Waals surface area contributed by atoms with Gasteiger partial charge in [0.2, 0.25) is 0 Å². The molecule has 0 heterocycles. The average Bonchev–Trinajstić information content (AvgIpc) is 2.66. The van der Waals surface area contributed by atoms with E-state index in [1.54, 1.807) is 12.2 Å². The van der Waals surface area contributed by atoms with E-state index in [1.807, 2.05) is 67.6 Å². The van der Waals surface area contributed by atoms with E-state index in [9.17, 15) is 14.7 Å².